The third-order valence-electron chi connectivity index (χ3n) is 2.60. The fraction of sp³-hybridized carbons (Fsp3) is 0.727. The van der Waals surface area contributed by atoms with Crippen molar-refractivity contribution in [1.29, 1.82) is 0 Å². The van der Waals surface area contributed by atoms with Gasteiger partial charge in [0.05, 0.1) is 22.0 Å². The monoisotopic (exact) mass is 289 g/mol. The Morgan fingerprint density at radius 1 is 1.50 bits per heavy atom. The van der Waals surface area contributed by atoms with Gasteiger partial charge in [0.2, 0.25) is 0 Å². The van der Waals surface area contributed by atoms with Crippen molar-refractivity contribution in [1.82, 2.24) is 15.1 Å². The SMILES string of the molecule is CCC(O)CNCc1c(Br)c(C)nn1CC. The molecule has 4 nitrogen and oxygen atoms in total. The van der Waals surface area contributed by atoms with Crippen molar-refractivity contribution in [3.05, 3.63) is 15.9 Å². The van der Waals surface area contributed by atoms with Crippen LogP contribution in [0, 0.1) is 6.92 Å². The van der Waals surface area contributed by atoms with Crippen LogP contribution in [0.25, 0.3) is 0 Å². The third kappa shape index (κ3) is 3.30. The molecule has 1 heterocycles. The zero-order valence-electron chi connectivity index (χ0n) is 10.1. The number of hydrogen-bond acceptors (Lipinski definition) is 3. The van der Waals surface area contributed by atoms with Crippen LogP contribution in [0.3, 0.4) is 0 Å². The lowest BCUT2D eigenvalue weighted by atomic mass is 10.3. The van der Waals surface area contributed by atoms with Crippen molar-refractivity contribution in [3.8, 4) is 0 Å². The summed E-state index contributed by atoms with van der Waals surface area (Å²) >= 11 is 3.54. The standard InChI is InChI=1S/C11H20BrN3O/c1-4-9(16)6-13-7-10-11(12)8(3)14-15(10)5-2/h9,13,16H,4-7H2,1-3H3. The maximum atomic E-state index is 9.44. The molecule has 0 bridgehead atoms. The third-order valence-corrected chi connectivity index (χ3v) is 3.63. The summed E-state index contributed by atoms with van der Waals surface area (Å²) in [6.45, 7) is 8.25. The van der Waals surface area contributed by atoms with Gasteiger partial charge in [-0.05, 0) is 36.2 Å². The zero-order valence-corrected chi connectivity index (χ0v) is 11.7. The first-order valence-corrected chi connectivity index (χ1v) is 6.49. The summed E-state index contributed by atoms with van der Waals surface area (Å²) in [6.07, 6.45) is 0.512. The first-order chi connectivity index (χ1) is 7.60. The molecule has 0 saturated carbocycles. The van der Waals surface area contributed by atoms with Gasteiger partial charge in [0, 0.05) is 19.6 Å². The Kier molecular flexibility index (Phi) is 5.44. The second-order valence-corrected chi connectivity index (χ2v) is 4.65. The van der Waals surface area contributed by atoms with Crippen molar-refractivity contribution >= 4 is 15.9 Å². The minimum Gasteiger partial charge on any atom is -0.392 e. The van der Waals surface area contributed by atoms with Crippen LogP contribution in [0.15, 0.2) is 4.47 Å². The molecule has 0 aliphatic carbocycles. The van der Waals surface area contributed by atoms with Gasteiger partial charge in [-0.25, -0.2) is 0 Å². The predicted molar refractivity (Wildman–Crippen MR) is 68.3 cm³/mol. The van der Waals surface area contributed by atoms with Crippen LogP contribution in [-0.2, 0) is 13.1 Å². The molecule has 0 aliphatic rings. The number of aliphatic hydroxyl groups is 1. The lowest BCUT2D eigenvalue weighted by Crippen LogP contribution is -2.26. The van der Waals surface area contributed by atoms with Crippen LogP contribution in [0.2, 0.25) is 0 Å². The maximum absolute atomic E-state index is 9.44. The largest absolute Gasteiger partial charge is 0.392 e. The first kappa shape index (κ1) is 13.7. The topological polar surface area (TPSA) is 50.1 Å². The highest BCUT2D eigenvalue weighted by Gasteiger charge is 2.11. The molecule has 0 fully saturated rings. The molecule has 92 valence electrons. The normalized spacial score (nSPS) is 13.1. The van der Waals surface area contributed by atoms with Gasteiger partial charge in [0.15, 0.2) is 0 Å². The van der Waals surface area contributed by atoms with E-state index in [4.69, 9.17) is 0 Å². The fourth-order valence-corrected chi connectivity index (χ4v) is 1.96. The zero-order chi connectivity index (χ0) is 12.1. The number of nitrogens with zero attached hydrogens (tertiary/aromatic N) is 2. The summed E-state index contributed by atoms with van der Waals surface area (Å²) in [5.74, 6) is 0. The smallest absolute Gasteiger partial charge is 0.0739 e. The minimum atomic E-state index is -0.266. The Morgan fingerprint density at radius 3 is 2.75 bits per heavy atom. The number of aromatic nitrogens is 2. The van der Waals surface area contributed by atoms with Crippen molar-refractivity contribution in [2.45, 2.75) is 46.4 Å². The lowest BCUT2D eigenvalue weighted by Gasteiger charge is -2.10. The molecule has 5 heteroatoms. The van der Waals surface area contributed by atoms with E-state index in [-0.39, 0.29) is 6.10 Å². The van der Waals surface area contributed by atoms with Gasteiger partial charge in [-0.2, -0.15) is 5.10 Å². The van der Waals surface area contributed by atoms with Crippen LogP contribution in [0.4, 0.5) is 0 Å². The summed E-state index contributed by atoms with van der Waals surface area (Å²) in [7, 11) is 0. The van der Waals surface area contributed by atoms with Crippen LogP contribution < -0.4 is 5.32 Å². The molecule has 1 aromatic heterocycles. The molecule has 0 amide bonds. The second-order valence-electron chi connectivity index (χ2n) is 3.85. The number of aryl methyl sites for hydroxylation is 2. The van der Waals surface area contributed by atoms with E-state index in [2.05, 4.69) is 33.3 Å². The molecule has 2 N–H and O–H groups in total. The van der Waals surface area contributed by atoms with Crippen LogP contribution in [-0.4, -0.2) is 27.5 Å². The summed E-state index contributed by atoms with van der Waals surface area (Å²) in [5.41, 5.74) is 2.15. The first-order valence-electron chi connectivity index (χ1n) is 5.70. The Hall–Kier alpha value is -0.390. The second kappa shape index (κ2) is 6.37. The van der Waals surface area contributed by atoms with E-state index in [0.29, 0.717) is 6.54 Å². The van der Waals surface area contributed by atoms with E-state index in [0.717, 1.165) is 35.4 Å². The fourth-order valence-electron chi connectivity index (χ4n) is 1.54. The molecule has 0 aromatic carbocycles. The summed E-state index contributed by atoms with van der Waals surface area (Å²) in [5, 5.41) is 17.1. The molecule has 1 atom stereocenters. The summed E-state index contributed by atoms with van der Waals surface area (Å²) in [6, 6.07) is 0. The highest BCUT2D eigenvalue weighted by molar-refractivity contribution is 9.10. The van der Waals surface area contributed by atoms with Gasteiger partial charge in [0.1, 0.15) is 0 Å². The molecular weight excluding hydrogens is 270 g/mol. The van der Waals surface area contributed by atoms with Gasteiger partial charge in [-0.3, -0.25) is 4.68 Å². The Bertz CT molecular complexity index is 338. The molecule has 0 radical (unpaired) electrons. The van der Waals surface area contributed by atoms with E-state index >= 15 is 0 Å². The van der Waals surface area contributed by atoms with E-state index in [1.165, 1.54) is 0 Å². The van der Waals surface area contributed by atoms with Crippen molar-refractivity contribution in [2.75, 3.05) is 6.54 Å². The quantitative estimate of drug-likeness (QED) is 0.840. The van der Waals surface area contributed by atoms with E-state index in [1.54, 1.807) is 0 Å². The van der Waals surface area contributed by atoms with Crippen LogP contribution >= 0.6 is 15.9 Å². The van der Waals surface area contributed by atoms with Crippen LogP contribution in [0.1, 0.15) is 31.7 Å². The van der Waals surface area contributed by atoms with Gasteiger partial charge in [-0.15, -0.1) is 0 Å². The van der Waals surface area contributed by atoms with Gasteiger partial charge >= 0.3 is 0 Å². The number of aliphatic hydroxyl groups excluding tert-OH is 1. The van der Waals surface area contributed by atoms with Crippen molar-refractivity contribution in [2.24, 2.45) is 0 Å². The van der Waals surface area contributed by atoms with Gasteiger partial charge in [0.25, 0.3) is 0 Å². The molecule has 0 aliphatic heterocycles. The summed E-state index contributed by atoms with van der Waals surface area (Å²) < 4.78 is 3.04. The molecule has 1 aromatic rings. The van der Waals surface area contributed by atoms with E-state index in [1.807, 2.05) is 18.5 Å². The molecule has 16 heavy (non-hydrogen) atoms. The molecule has 1 unspecified atom stereocenters. The molecular formula is C11H20BrN3O. The Labute approximate surface area is 105 Å². The molecule has 0 saturated heterocycles. The van der Waals surface area contributed by atoms with Gasteiger partial charge < -0.3 is 10.4 Å². The van der Waals surface area contributed by atoms with Gasteiger partial charge in [-0.1, -0.05) is 6.92 Å². The maximum Gasteiger partial charge on any atom is 0.0739 e. The molecule has 1 rings (SSSR count). The van der Waals surface area contributed by atoms with Crippen molar-refractivity contribution < 1.29 is 5.11 Å². The average Bonchev–Trinajstić information content (AvgIpc) is 2.56. The predicted octanol–water partition coefficient (Wildman–Crippen LogP) is 1.83. The van der Waals surface area contributed by atoms with Crippen LogP contribution in [0.5, 0.6) is 0 Å². The van der Waals surface area contributed by atoms with E-state index < -0.39 is 0 Å². The Balaban J connectivity index is 2.59. The molecule has 0 spiro atoms. The minimum absolute atomic E-state index is 0.266. The average molecular weight is 290 g/mol. The van der Waals surface area contributed by atoms with Crippen molar-refractivity contribution in [3.63, 3.8) is 0 Å². The summed E-state index contributed by atoms with van der Waals surface area (Å²) in [4.78, 5) is 0. The number of hydrogen-bond donors (Lipinski definition) is 2. The highest BCUT2D eigenvalue weighted by atomic mass is 79.9. The number of nitrogens with one attached hydrogen (secondary N) is 1. The number of halogens is 1. The lowest BCUT2D eigenvalue weighted by molar-refractivity contribution is 0.166. The Morgan fingerprint density at radius 2 is 2.19 bits per heavy atom. The number of rotatable bonds is 6. The highest BCUT2D eigenvalue weighted by Crippen LogP contribution is 2.20. The van der Waals surface area contributed by atoms with E-state index in [9.17, 15) is 5.11 Å².